The van der Waals surface area contributed by atoms with Crippen LogP contribution in [-0.4, -0.2) is 0 Å². The average molecular weight is 758 g/mol. The first-order chi connectivity index (χ1) is 19.5. The van der Waals surface area contributed by atoms with Crippen LogP contribution in [0.1, 0.15) is 63.7 Å². The Hall–Kier alpha value is -2.19. The van der Waals surface area contributed by atoms with Crippen molar-refractivity contribution < 1.29 is 44.8 Å². The van der Waals surface area contributed by atoms with Gasteiger partial charge < -0.3 is 24.8 Å². The van der Waals surface area contributed by atoms with Crippen molar-refractivity contribution in [3.8, 4) is 22.3 Å². The van der Waals surface area contributed by atoms with Gasteiger partial charge in [0.1, 0.15) is 0 Å². The molecule has 0 radical (unpaired) electrons. The molecule has 214 valence electrons. The predicted octanol–water partition coefficient (Wildman–Crippen LogP) is 5.31. The maximum Gasteiger partial charge on any atom is -1.00 e. The normalized spacial score (nSPS) is 18.9. The molecule has 4 aromatic rings. The van der Waals surface area contributed by atoms with Crippen LogP contribution < -0.4 is 24.8 Å². The fourth-order valence-electron chi connectivity index (χ4n) is 8.20. The summed E-state index contributed by atoms with van der Waals surface area (Å²) in [5, 5.41) is 0. The van der Waals surface area contributed by atoms with E-state index in [-0.39, 0.29) is 24.8 Å². The molecule has 3 aliphatic rings. The van der Waals surface area contributed by atoms with Crippen LogP contribution in [0.15, 0.2) is 108 Å². The minimum Gasteiger partial charge on any atom is -1.00 e. The Balaban J connectivity index is 0.00000176. The fraction of sp³-hybridized carbons (Fsp3) is 0.282. The van der Waals surface area contributed by atoms with Gasteiger partial charge in [-0.15, -0.1) is 0 Å². The molecular formula is C39H40Cl2Hf. The second-order valence-electron chi connectivity index (χ2n) is 12.9. The standard InChI is InChI=1S/2C18H17.C3H6.2ClH.Hf/c2*1-13(2)16-11-15-9-6-10-17(18(15)12-16)14-7-4-3-5-8-14;1-3-2;;;/h2*3-13H,1-2H3;1-3H2;2*1H;/q;;;;;+2/p-2. The molecule has 0 saturated carbocycles. The first kappa shape index (κ1) is 31.2. The first-order valence-electron chi connectivity index (χ1n) is 15.3. The van der Waals surface area contributed by atoms with Crippen molar-refractivity contribution in [2.45, 2.75) is 49.8 Å². The minimum atomic E-state index is -3.03. The molecule has 2 atom stereocenters. The van der Waals surface area contributed by atoms with Crippen molar-refractivity contribution in [1.29, 1.82) is 0 Å². The number of benzene rings is 4. The van der Waals surface area contributed by atoms with Gasteiger partial charge in [-0.3, -0.25) is 0 Å². The van der Waals surface area contributed by atoms with E-state index in [4.69, 9.17) is 0 Å². The van der Waals surface area contributed by atoms with E-state index in [0.717, 1.165) is 0 Å². The Bertz CT molecular complexity index is 1510. The summed E-state index contributed by atoms with van der Waals surface area (Å²) in [4.78, 5) is 0. The van der Waals surface area contributed by atoms with Crippen LogP contribution >= 0.6 is 0 Å². The molecule has 0 aromatic heterocycles. The molecule has 0 bridgehead atoms. The van der Waals surface area contributed by atoms with Gasteiger partial charge in [-0.1, -0.05) is 0 Å². The second kappa shape index (κ2) is 12.4. The Kier molecular flexibility index (Phi) is 9.25. The van der Waals surface area contributed by atoms with Crippen LogP contribution in [-0.2, 0) is 20.0 Å². The van der Waals surface area contributed by atoms with Gasteiger partial charge in [0, 0.05) is 0 Å². The molecule has 7 rings (SSSR count). The number of allylic oxidation sites excluding steroid dienone is 2. The molecule has 1 aliphatic heterocycles. The van der Waals surface area contributed by atoms with Crippen LogP contribution in [0, 0.1) is 11.8 Å². The molecule has 0 spiro atoms. The van der Waals surface area contributed by atoms with Gasteiger partial charge in [0.05, 0.1) is 0 Å². The van der Waals surface area contributed by atoms with E-state index in [1.165, 1.54) is 48.2 Å². The largest absolute Gasteiger partial charge is 1.00 e. The Morgan fingerprint density at radius 1 is 0.524 bits per heavy atom. The average Bonchev–Trinajstić information content (AvgIpc) is 3.54. The van der Waals surface area contributed by atoms with Crippen molar-refractivity contribution in [1.82, 2.24) is 0 Å². The summed E-state index contributed by atoms with van der Waals surface area (Å²) < 4.78 is 4.39. The SMILES string of the molecule is CC(C)C1=Cc2c(-c3ccccc3)cccc2[CH]1[Hf+2]1([CH]2C(C(C)C)=Cc3c(-c4ccccc4)cccc32)[CH2]C[CH2]1.[Cl-].[Cl-]. The molecule has 2 unspecified atom stereocenters. The van der Waals surface area contributed by atoms with Crippen molar-refractivity contribution in [3.63, 3.8) is 0 Å². The number of fused-ring (bicyclic) bond motifs is 2. The Labute approximate surface area is 269 Å². The number of halogens is 2. The molecule has 1 heterocycles. The summed E-state index contributed by atoms with van der Waals surface area (Å²) >= 11 is -3.03. The molecule has 0 nitrogen and oxygen atoms in total. The van der Waals surface area contributed by atoms with Crippen molar-refractivity contribution in [2.75, 3.05) is 0 Å². The van der Waals surface area contributed by atoms with Gasteiger partial charge in [-0.2, -0.15) is 0 Å². The van der Waals surface area contributed by atoms with E-state index in [9.17, 15) is 0 Å². The second-order valence-corrected chi connectivity index (χ2v) is 29.5. The zero-order valence-electron chi connectivity index (χ0n) is 25.1. The summed E-state index contributed by atoms with van der Waals surface area (Å²) in [7, 11) is 0. The molecule has 0 amide bonds. The predicted molar refractivity (Wildman–Crippen MR) is 169 cm³/mol. The monoisotopic (exact) mass is 758 g/mol. The third kappa shape index (κ3) is 4.94. The maximum absolute atomic E-state index is 3.03. The van der Waals surface area contributed by atoms with Gasteiger partial charge in [-0.25, -0.2) is 0 Å². The van der Waals surface area contributed by atoms with E-state index in [1.807, 2.05) is 0 Å². The summed E-state index contributed by atoms with van der Waals surface area (Å²) in [6.07, 6.45) is 6.71. The van der Waals surface area contributed by atoms with E-state index in [0.29, 0.717) is 19.2 Å². The zero-order chi connectivity index (χ0) is 27.4. The maximum atomic E-state index is 2.64. The van der Waals surface area contributed by atoms with Crippen molar-refractivity contribution in [3.05, 3.63) is 130 Å². The molecule has 4 aromatic carbocycles. The molecule has 3 heteroatoms. The van der Waals surface area contributed by atoms with E-state index in [1.54, 1.807) is 22.3 Å². The third-order valence-corrected chi connectivity index (χ3v) is 32.2. The van der Waals surface area contributed by atoms with Gasteiger partial charge in [0.15, 0.2) is 0 Å². The topological polar surface area (TPSA) is 0 Å². The summed E-state index contributed by atoms with van der Waals surface area (Å²) in [5.41, 5.74) is 15.3. The third-order valence-electron chi connectivity index (χ3n) is 10.1. The number of hydrogen-bond donors (Lipinski definition) is 0. The van der Waals surface area contributed by atoms with Crippen molar-refractivity contribution >= 4 is 12.2 Å². The van der Waals surface area contributed by atoms with Gasteiger partial charge in [-0.05, 0) is 0 Å². The van der Waals surface area contributed by atoms with E-state index >= 15 is 0 Å². The zero-order valence-corrected chi connectivity index (χ0v) is 30.2. The van der Waals surface area contributed by atoms with Gasteiger partial charge in [0.25, 0.3) is 0 Å². The fourth-order valence-corrected chi connectivity index (χ4v) is 31.8. The molecular weight excluding hydrogens is 718 g/mol. The molecule has 2 aliphatic carbocycles. The van der Waals surface area contributed by atoms with Crippen LogP contribution in [0.5, 0.6) is 0 Å². The van der Waals surface area contributed by atoms with Crippen LogP contribution in [0.25, 0.3) is 34.4 Å². The Morgan fingerprint density at radius 3 is 1.26 bits per heavy atom. The van der Waals surface area contributed by atoms with Crippen LogP contribution in [0.4, 0.5) is 0 Å². The quantitative estimate of drug-likeness (QED) is 0.234. The van der Waals surface area contributed by atoms with E-state index < -0.39 is 20.0 Å². The molecule has 42 heavy (non-hydrogen) atoms. The summed E-state index contributed by atoms with van der Waals surface area (Å²) in [6.45, 7) is 9.79. The van der Waals surface area contributed by atoms with E-state index in [2.05, 4.69) is 137 Å². The number of rotatable bonds is 6. The van der Waals surface area contributed by atoms with Crippen molar-refractivity contribution in [2.24, 2.45) is 11.8 Å². The Morgan fingerprint density at radius 2 is 0.929 bits per heavy atom. The minimum absolute atomic E-state index is 0. The molecule has 1 saturated heterocycles. The summed E-state index contributed by atoms with van der Waals surface area (Å²) in [6, 6.07) is 36.5. The number of hydrogen-bond acceptors (Lipinski definition) is 0. The first-order valence-corrected chi connectivity index (χ1v) is 24.5. The molecule has 1 fully saturated rings. The van der Waals surface area contributed by atoms with Gasteiger partial charge in [0.2, 0.25) is 0 Å². The van der Waals surface area contributed by atoms with Crippen LogP contribution in [0.2, 0.25) is 8.35 Å². The summed E-state index contributed by atoms with van der Waals surface area (Å²) in [5.74, 6) is 1.14. The van der Waals surface area contributed by atoms with Gasteiger partial charge >= 0.3 is 246 Å². The molecule has 0 N–H and O–H groups in total. The van der Waals surface area contributed by atoms with Crippen LogP contribution in [0.3, 0.4) is 0 Å². The smallest absolute Gasteiger partial charge is 1.00 e.